The number of hydrogen-bond donors (Lipinski definition) is 5. The fraction of sp³-hybridized carbons (Fsp3) is 0.150. The summed E-state index contributed by atoms with van der Waals surface area (Å²) in [6.07, 6.45) is 1.34. The fourth-order valence-electron chi connectivity index (χ4n) is 3.23. The number of aromatic hydroxyl groups is 1. The molecule has 0 aliphatic carbocycles. The highest BCUT2D eigenvalue weighted by Gasteiger charge is 2.34. The molecule has 2 atom stereocenters. The normalized spacial score (nSPS) is 18.3. The number of benzene rings is 2. The van der Waals surface area contributed by atoms with Crippen molar-refractivity contribution in [3.63, 3.8) is 0 Å². The van der Waals surface area contributed by atoms with E-state index in [1.54, 1.807) is 12.1 Å². The molecule has 1 aliphatic rings. The first-order chi connectivity index (χ1) is 14.1. The lowest BCUT2D eigenvalue weighted by atomic mass is 9.94. The van der Waals surface area contributed by atoms with Crippen molar-refractivity contribution in [2.45, 2.75) is 6.04 Å². The van der Waals surface area contributed by atoms with E-state index in [4.69, 9.17) is 0 Å². The molecule has 2 heterocycles. The Labute approximate surface area is 166 Å². The number of rotatable bonds is 4. The second-order valence-electron chi connectivity index (χ2n) is 6.61. The molecule has 1 aliphatic heterocycles. The average Bonchev–Trinajstić information content (AvgIpc) is 3.40. The van der Waals surface area contributed by atoms with Crippen LogP contribution in [0.5, 0.6) is 5.75 Å². The molecule has 2 unspecified atom stereocenters. The molecule has 4 rings (SSSR count). The SMILES string of the molecule is O=C(NNC(=O)C1CNNC1c1ccccc1)c1nn(-c2ccccc2)cc1O. The molecule has 1 aromatic heterocycles. The highest BCUT2D eigenvalue weighted by Crippen LogP contribution is 2.24. The van der Waals surface area contributed by atoms with Crippen LogP contribution >= 0.6 is 0 Å². The molecule has 1 saturated heterocycles. The molecule has 3 aromatic rings. The number of para-hydroxylation sites is 1. The topological polar surface area (TPSA) is 120 Å². The molecule has 2 amide bonds. The average molecular weight is 392 g/mol. The third-order valence-corrected chi connectivity index (χ3v) is 4.71. The van der Waals surface area contributed by atoms with Crippen LogP contribution in [0.4, 0.5) is 0 Å². The van der Waals surface area contributed by atoms with E-state index >= 15 is 0 Å². The van der Waals surface area contributed by atoms with Crippen LogP contribution in [-0.4, -0.2) is 33.2 Å². The standard InChI is InChI=1S/C20H20N6O3/c27-16-12-26(14-9-5-2-6-10-14)25-18(16)20(29)24-23-19(28)15-11-21-22-17(15)13-7-3-1-4-8-13/h1-10,12,15,17,21-22,27H,11H2,(H,23,28)(H,24,29). The first-order valence-corrected chi connectivity index (χ1v) is 9.11. The van der Waals surface area contributed by atoms with E-state index in [0.29, 0.717) is 12.2 Å². The summed E-state index contributed by atoms with van der Waals surface area (Å²) in [4.78, 5) is 25.0. The van der Waals surface area contributed by atoms with Crippen molar-refractivity contribution in [1.82, 2.24) is 31.5 Å². The molecule has 9 heteroatoms. The van der Waals surface area contributed by atoms with Gasteiger partial charge in [0.2, 0.25) is 5.91 Å². The third-order valence-electron chi connectivity index (χ3n) is 4.71. The number of carbonyl (C=O) groups is 2. The van der Waals surface area contributed by atoms with Gasteiger partial charge >= 0.3 is 0 Å². The number of hydrogen-bond acceptors (Lipinski definition) is 6. The van der Waals surface area contributed by atoms with Crippen molar-refractivity contribution in [2.75, 3.05) is 6.54 Å². The number of aromatic nitrogens is 2. The van der Waals surface area contributed by atoms with Gasteiger partial charge in [0.1, 0.15) is 0 Å². The van der Waals surface area contributed by atoms with E-state index in [1.165, 1.54) is 10.9 Å². The molecular formula is C20H20N6O3. The van der Waals surface area contributed by atoms with Gasteiger partial charge in [-0.2, -0.15) is 5.10 Å². The molecule has 0 radical (unpaired) electrons. The monoisotopic (exact) mass is 392 g/mol. The molecule has 9 nitrogen and oxygen atoms in total. The van der Waals surface area contributed by atoms with Crippen LogP contribution < -0.4 is 21.7 Å². The second kappa shape index (κ2) is 8.13. The van der Waals surface area contributed by atoms with Crippen LogP contribution in [0, 0.1) is 5.92 Å². The van der Waals surface area contributed by atoms with Gasteiger partial charge < -0.3 is 5.11 Å². The van der Waals surface area contributed by atoms with Crippen LogP contribution in [0.3, 0.4) is 0 Å². The minimum atomic E-state index is -0.708. The maximum absolute atomic E-state index is 12.6. The number of amides is 2. The van der Waals surface area contributed by atoms with Crippen LogP contribution in [0.1, 0.15) is 22.1 Å². The lowest BCUT2D eigenvalue weighted by Gasteiger charge is -2.18. The molecule has 0 bridgehead atoms. The van der Waals surface area contributed by atoms with Gasteiger partial charge in [-0.3, -0.25) is 25.9 Å². The van der Waals surface area contributed by atoms with Crippen LogP contribution in [0.15, 0.2) is 66.9 Å². The van der Waals surface area contributed by atoms with Gasteiger partial charge in [-0.05, 0) is 17.7 Å². The van der Waals surface area contributed by atoms with E-state index < -0.39 is 11.8 Å². The predicted octanol–water partition coefficient (Wildman–Crippen LogP) is 0.804. The second-order valence-corrected chi connectivity index (χ2v) is 6.61. The minimum absolute atomic E-state index is 0.184. The van der Waals surface area contributed by atoms with Crippen molar-refractivity contribution in [3.8, 4) is 11.4 Å². The maximum atomic E-state index is 12.6. The van der Waals surface area contributed by atoms with E-state index in [0.717, 1.165) is 5.56 Å². The Morgan fingerprint density at radius 2 is 1.72 bits per heavy atom. The Hall–Kier alpha value is -3.69. The van der Waals surface area contributed by atoms with Crippen molar-refractivity contribution < 1.29 is 14.7 Å². The summed E-state index contributed by atoms with van der Waals surface area (Å²) in [5, 5.41) is 14.2. The summed E-state index contributed by atoms with van der Waals surface area (Å²) in [7, 11) is 0. The fourth-order valence-corrected chi connectivity index (χ4v) is 3.23. The highest BCUT2D eigenvalue weighted by molar-refractivity contribution is 5.96. The molecular weight excluding hydrogens is 372 g/mol. The summed E-state index contributed by atoms with van der Waals surface area (Å²) >= 11 is 0. The predicted molar refractivity (Wildman–Crippen MR) is 105 cm³/mol. The Morgan fingerprint density at radius 1 is 1.03 bits per heavy atom. The van der Waals surface area contributed by atoms with Crippen LogP contribution in [-0.2, 0) is 4.79 Å². The van der Waals surface area contributed by atoms with Crippen molar-refractivity contribution >= 4 is 11.8 Å². The van der Waals surface area contributed by atoms with Gasteiger partial charge in [0, 0.05) is 6.54 Å². The lowest BCUT2D eigenvalue weighted by molar-refractivity contribution is -0.125. The lowest BCUT2D eigenvalue weighted by Crippen LogP contribution is -2.46. The Bertz CT molecular complexity index is 1010. The van der Waals surface area contributed by atoms with Gasteiger partial charge in [0.25, 0.3) is 5.91 Å². The first-order valence-electron chi connectivity index (χ1n) is 9.11. The third kappa shape index (κ3) is 3.96. The van der Waals surface area contributed by atoms with Crippen molar-refractivity contribution in [3.05, 3.63) is 78.1 Å². The van der Waals surface area contributed by atoms with Crippen LogP contribution in [0.25, 0.3) is 5.69 Å². The zero-order valence-electron chi connectivity index (χ0n) is 15.4. The van der Waals surface area contributed by atoms with Gasteiger partial charge in [-0.25, -0.2) is 10.1 Å². The molecule has 0 spiro atoms. The largest absolute Gasteiger partial charge is 0.504 e. The van der Waals surface area contributed by atoms with Gasteiger partial charge in [0.15, 0.2) is 11.4 Å². The van der Waals surface area contributed by atoms with Gasteiger partial charge in [-0.1, -0.05) is 48.5 Å². The molecule has 0 saturated carbocycles. The maximum Gasteiger partial charge on any atom is 0.294 e. The summed E-state index contributed by atoms with van der Waals surface area (Å²) in [5.74, 6) is -1.77. The van der Waals surface area contributed by atoms with E-state index in [1.807, 2.05) is 48.5 Å². The number of nitrogens with zero attached hydrogens (tertiary/aromatic N) is 2. The van der Waals surface area contributed by atoms with Crippen molar-refractivity contribution in [1.29, 1.82) is 0 Å². The summed E-state index contributed by atoms with van der Waals surface area (Å²) in [6.45, 7) is 0.412. The molecule has 2 aromatic carbocycles. The number of hydrazine groups is 2. The Balaban J connectivity index is 1.41. The quantitative estimate of drug-likeness (QED) is 0.419. The smallest absolute Gasteiger partial charge is 0.294 e. The summed E-state index contributed by atoms with van der Waals surface area (Å²) in [6, 6.07) is 18.4. The van der Waals surface area contributed by atoms with Gasteiger partial charge in [0.05, 0.1) is 23.8 Å². The van der Waals surface area contributed by atoms with Gasteiger partial charge in [-0.15, -0.1) is 0 Å². The van der Waals surface area contributed by atoms with Crippen molar-refractivity contribution in [2.24, 2.45) is 5.92 Å². The van der Waals surface area contributed by atoms with E-state index in [-0.39, 0.29) is 23.4 Å². The Morgan fingerprint density at radius 3 is 2.45 bits per heavy atom. The summed E-state index contributed by atoms with van der Waals surface area (Å²) in [5.41, 5.74) is 12.3. The minimum Gasteiger partial charge on any atom is -0.504 e. The zero-order valence-corrected chi connectivity index (χ0v) is 15.4. The molecule has 1 fully saturated rings. The zero-order chi connectivity index (χ0) is 20.2. The molecule has 5 N–H and O–H groups in total. The Kier molecular flexibility index (Phi) is 5.23. The number of nitrogens with one attached hydrogen (secondary N) is 4. The first kappa shape index (κ1) is 18.7. The summed E-state index contributed by atoms with van der Waals surface area (Å²) < 4.78 is 1.39. The number of carbonyl (C=O) groups excluding carboxylic acids is 2. The van der Waals surface area contributed by atoms with Crippen LogP contribution in [0.2, 0.25) is 0 Å². The molecule has 29 heavy (non-hydrogen) atoms. The molecule has 148 valence electrons. The highest BCUT2D eigenvalue weighted by atomic mass is 16.3. The van der Waals surface area contributed by atoms with E-state index in [9.17, 15) is 14.7 Å². The van der Waals surface area contributed by atoms with E-state index in [2.05, 4.69) is 26.8 Å².